The molecule has 0 atom stereocenters. The van der Waals surface area contributed by atoms with Gasteiger partial charge in [0.05, 0.1) is 12.2 Å². The van der Waals surface area contributed by atoms with Gasteiger partial charge in [-0.2, -0.15) is 0 Å². The summed E-state index contributed by atoms with van der Waals surface area (Å²) in [5.41, 5.74) is 9.01. The van der Waals surface area contributed by atoms with E-state index in [1.165, 1.54) is 25.7 Å². The Morgan fingerprint density at radius 3 is 2.39 bits per heavy atom. The minimum absolute atomic E-state index is 0.295. The maximum Gasteiger partial charge on any atom is 0.338 e. The topological polar surface area (TPSA) is 52.3 Å². The van der Waals surface area contributed by atoms with Gasteiger partial charge in [-0.25, -0.2) is 4.79 Å². The molecule has 1 saturated carbocycles. The van der Waals surface area contributed by atoms with Crippen molar-refractivity contribution in [2.45, 2.75) is 59.8 Å². The number of anilines is 1. The normalized spacial score (nSPS) is 21.9. The third-order valence-corrected chi connectivity index (χ3v) is 5.24. The smallest absolute Gasteiger partial charge is 0.338 e. The number of esters is 1. The second kappa shape index (κ2) is 7.37. The van der Waals surface area contributed by atoms with E-state index in [-0.39, 0.29) is 5.97 Å². The highest BCUT2D eigenvalue weighted by Crippen LogP contribution is 2.41. The highest BCUT2D eigenvalue weighted by Gasteiger charge is 2.29. The van der Waals surface area contributed by atoms with Crippen LogP contribution in [0.4, 0.5) is 5.69 Å². The number of hydrogen-bond acceptors (Lipinski definition) is 3. The van der Waals surface area contributed by atoms with E-state index in [4.69, 9.17) is 10.5 Å². The summed E-state index contributed by atoms with van der Waals surface area (Å²) in [6.45, 7) is 9.25. The molecule has 1 aromatic rings. The number of ether oxygens (including phenoxy) is 1. The molecule has 3 heteroatoms. The molecule has 3 nitrogen and oxygen atoms in total. The first-order chi connectivity index (χ1) is 10.8. The van der Waals surface area contributed by atoms with E-state index >= 15 is 0 Å². The summed E-state index contributed by atoms with van der Waals surface area (Å²) < 4.78 is 5.02. The molecule has 0 aromatic heterocycles. The number of carbonyl (C=O) groups is 1. The Morgan fingerprint density at radius 1 is 1.22 bits per heavy atom. The molecule has 23 heavy (non-hydrogen) atoms. The Balaban J connectivity index is 1.95. The van der Waals surface area contributed by atoms with E-state index in [0.29, 0.717) is 29.2 Å². The van der Waals surface area contributed by atoms with Crippen LogP contribution in [0, 0.1) is 17.3 Å². The Kier molecular flexibility index (Phi) is 5.72. The first-order valence-corrected chi connectivity index (χ1v) is 8.86. The summed E-state index contributed by atoms with van der Waals surface area (Å²) >= 11 is 0. The molecule has 2 rings (SSSR count). The molecule has 1 fully saturated rings. The quantitative estimate of drug-likeness (QED) is 0.638. The van der Waals surface area contributed by atoms with Crippen molar-refractivity contribution in [3.05, 3.63) is 29.3 Å². The zero-order valence-corrected chi connectivity index (χ0v) is 15.0. The summed E-state index contributed by atoms with van der Waals surface area (Å²) in [5, 5.41) is 0. The van der Waals surface area contributed by atoms with Crippen molar-refractivity contribution in [1.82, 2.24) is 0 Å². The molecule has 0 saturated heterocycles. The Bertz CT molecular complexity index is 537. The lowest BCUT2D eigenvalue weighted by Crippen LogP contribution is -2.26. The van der Waals surface area contributed by atoms with Crippen LogP contribution < -0.4 is 5.73 Å². The molecule has 1 aliphatic carbocycles. The minimum Gasteiger partial charge on any atom is -0.462 e. The van der Waals surface area contributed by atoms with Crippen LogP contribution in [0.2, 0.25) is 0 Å². The van der Waals surface area contributed by atoms with Gasteiger partial charge in [0.25, 0.3) is 0 Å². The van der Waals surface area contributed by atoms with E-state index in [0.717, 1.165) is 17.9 Å². The average molecular weight is 317 g/mol. The molecular formula is C20H31NO2. The molecule has 0 unspecified atom stereocenters. The van der Waals surface area contributed by atoms with Gasteiger partial charge in [0.15, 0.2) is 0 Å². The Labute approximate surface area is 140 Å². The molecule has 0 spiro atoms. The number of hydrogen-bond donors (Lipinski definition) is 1. The van der Waals surface area contributed by atoms with Gasteiger partial charge in [0, 0.05) is 5.69 Å². The maximum absolute atomic E-state index is 11.8. The highest BCUT2D eigenvalue weighted by molar-refractivity contribution is 5.90. The number of carbonyl (C=O) groups excluding carboxylic acids is 1. The van der Waals surface area contributed by atoms with Crippen molar-refractivity contribution in [2.24, 2.45) is 17.3 Å². The van der Waals surface area contributed by atoms with Crippen LogP contribution in [0.3, 0.4) is 0 Å². The van der Waals surface area contributed by atoms with Crippen LogP contribution in [0.25, 0.3) is 0 Å². The van der Waals surface area contributed by atoms with Gasteiger partial charge in [-0.3, -0.25) is 0 Å². The highest BCUT2D eigenvalue weighted by atomic mass is 16.5. The predicted molar refractivity (Wildman–Crippen MR) is 95.4 cm³/mol. The van der Waals surface area contributed by atoms with Crippen molar-refractivity contribution < 1.29 is 9.53 Å². The van der Waals surface area contributed by atoms with E-state index in [9.17, 15) is 4.79 Å². The lowest BCUT2D eigenvalue weighted by Gasteiger charge is -2.37. The van der Waals surface area contributed by atoms with E-state index in [1.54, 1.807) is 6.07 Å². The SMILES string of the molecule is CCOC(=O)c1ccc(CC2CCC(C(C)(C)C)CC2)c(N)c1. The fraction of sp³-hybridized carbons (Fsp3) is 0.650. The fourth-order valence-corrected chi connectivity index (χ4v) is 3.67. The summed E-state index contributed by atoms with van der Waals surface area (Å²) in [6.07, 6.45) is 6.21. The number of nitrogens with two attached hydrogens (primary N) is 1. The molecule has 1 aliphatic rings. The Hall–Kier alpha value is -1.51. The van der Waals surface area contributed by atoms with Crippen LogP contribution in [-0.2, 0) is 11.2 Å². The monoisotopic (exact) mass is 317 g/mol. The molecule has 2 N–H and O–H groups in total. The summed E-state index contributed by atoms with van der Waals surface area (Å²) in [5.74, 6) is 1.25. The van der Waals surface area contributed by atoms with E-state index < -0.39 is 0 Å². The largest absolute Gasteiger partial charge is 0.462 e. The maximum atomic E-state index is 11.8. The zero-order chi connectivity index (χ0) is 17.0. The van der Waals surface area contributed by atoms with Crippen molar-refractivity contribution in [1.29, 1.82) is 0 Å². The lowest BCUT2D eigenvalue weighted by atomic mass is 9.69. The van der Waals surface area contributed by atoms with Gasteiger partial charge in [-0.05, 0) is 74.0 Å². The third-order valence-electron chi connectivity index (χ3n) is 5.24. The summed E-state index contributed by atoms with van der Waals surface area (Å²) in [7, 11) is 0. The van der Waals surface area contributed by atoms with Gasteiger partial charge in [-0.1, -0.05) is 26.8 Å². The third kappa shape index (κ3) is 4.73. The minimum atomic E-state index is -0.295. The van der Waals surface area contributed by atoms with Gasteiger partial charge >= 0.3 is 5.97 Å². The van der Waals surface area contributed by atoms with Gasteiger partial charge in [0.2, 0.25) is 0 Å². The van der Waals surface area contributed by atoms with Crippen molar-refractivity contribution in [2.75, 3.05) is 12.3 Å². The molecule has 0 aliphatic heterocycles. The summed E-state index contributed by atoms with van der Waals surface area (Å²) in [6, 6.07) is 5.59. The van der Waals surface area contributed by atoms with Crippen molar-refractivity contribution in [3.63, 3.8) is 0 Å². The second-order valence-corrected chi connectivity index (χ2v) is 7.92. The van der Waals surface area contributed by atoms with Crippen LogP contribution in [-0.4, -0.2) is 12.6 Å². The number of nitrogen functional groups attached to an aromatic ring is 1. The average Bonchev–Trinajstić information content (AvgIpc) is 2.49. The number of benzene rings is 1. The van der Waals surface area contributed by atoms with E-state index in [1.807, 2.05) is 19.1 Å². The second-order valence-electron chi connectivity index (χ2n) is 7.92. The Morgan fingerprint density at radius 2 is 1.87 bits per heavy atom. The first-order valence-electron chi connectivity index (χ1n) is 8.86. The molecular weight excluding hydrogens is 286 g/mol. The predicted octanol–water partition coefficient (Wildman–Crippen LogP) is 4.84. The molecule has 0 radical (unpaired) electrons. The molecule has 1 aromatic carbocycles. The van der Waals surface area contributed by atoms with E-state index in [2.05, 4.69) is 20.8 Å². The molecule has 0 bridgehead atoms. The molecule has 0 heterocycles. The van der Waals surface area contributed by atoms with Crippen LogP contribution >= 0.6 is 0 Å². The van der Waals surface area contributed by atoms with Crippen LogP contribution in [0.15, 0.2) is 18.2 Å². The number of rotatable bonds is 4. The van der Waals surface area contributed by atoms with Crippen molar-refractivity contribution in [3.8, 4) is 0 Å². The first kappa shape index (κ1) is 17.8. The van der Waals surface area contributed by atoms with Gasteiger partial charge in [0.1, 0.15) is 0 Å². The standard InChI is InChI=1S/C20H31NO2/c1-5-23-19(22)16-9-8-15(18(21)13-16)12-14-6-10-17(11-7-14)20(2,3)4/h8-9,13-14,17H,5-7,10-12,21H2,1-4H3. The molecule has 0 amide bonds. The summed E-state index contributed by atoms with van der Waals surface area (Å²) in [4.78, 5) is 11.8. The van der Waals surface area contributed by atoms with Crippen LogP contribution in [0.1, 0.15) is 69.3 Å². The molecule has 128 valence electrons. The lowest BCUT2D eigenvalue weighted by molar-refractivity contribution is 0.0526. The van der Waals surface area contributed by atoms with Crippen LogP contribution in [0.5, 0.6) is 0 Å². The van der Waals surface area contributed by atoms with Gasteiger partial charge in [-0.15, -0.1) is 0 Å². The van der Waals surface area contributed by atoms with Gasteiger partial charge < -0.3 is 10.5 Å². The van der Waals surface area contributed by atoms with Crippen molar-refractivity contribution >= 4 is 11.7 Å². The fourth-order valence-electron chi connectivity index (χ4n) is 3.67. The zero-order valence-electron chi connectivity index (χ0n) is 15.0.